The molecule has 0 aliphatic carbocycles. The SMILES string of the molecule is CC1(C)OC(C=Cc2cc3ccccc3s2)=CC1=O. The summed E-state index contributed by atoms with van der Waals surface area (Å²) in [7, 11) is 0. The molecule has 0 fully saturated rings. The van der Waals surface area contributed by atoms with Crippen molar-refractivity contribution in [2.24, 2.45) is 0 Å². The second kappa shape index (κ2) is 4.35. The average Bonchev–Trinajstić information content (AvgIpc) is 2.88. The molecule has 0 spiro atoms. The lowest BCUT2D eigenvalue weighted by molar-refractivity contribution is -0.126. The summed E-state index contributed by atoms with van der Waals surface area (Å²) in [5.41, 5.74) is -0.722. The zero-order valence-corrected chi connectivity index (χ0v) is 11.7. The highest BCUT2D eigenvalue weighted by molar-refractivity contribution is 7.19. The lowest BCUT2D eigenvalue weighted by Crippen LogP contribution is -2.27. The van der Waals surface area contributed by atoms with Gasteiger partial charge in [-0.2, -0.15) is 0 Å². The van der Waals surface area contributed by atoms with Crippen LogP contribution in [-0.2, 0) is 9.53 Å². The van der Waals surface area contributed by atoms with Gasteiger partial charge in [-0.25, -0.2) is 0 Å². The highest BCUT2D eigenvalue weighted by atomic mass is 32.1. The standard InChI is InChI=1S/C16H14O2S/c1-16(2)15(17)10-12(18-16)7-8-13-9-11-5-3-4-6-14(11)19-13/h3-10H,1-2H3. The maximum Gasteiger partial charge on any atom is 0.202 e. The van der Waals surface area contributed by atoms with Crippen molar-refractivity contribution in [2.75, 3.05) is 0 Å². The normalized spacial score (nSPS) is 18.0. The average molecular weight is 270 g/mol. The molecular formula is C16H14O2S. The van der Waals surface area contributed by atoms with Crippen LogP contribution in [0.5, 0.6) is 0 Å². The highest BCUT2D eigenvalue weighted by Gasteiger charge is 2.33. The van der Waals surface area contributed by atoms with Gasteiger partial charge in [0, 0.05) is 15.7 Å². The number of allylic oxidation sites excluding steroid dienone is 1. The quantitative estimate of drug-likeness (QED) is 0.818. The third-order valence-electron chi connectivity index (χ3n) is 3.10. The van der Waals surface area contributed by atoms with E-state index in [0.717, 1.165) is 4.88 Å². The van der Waals surface area contributed by atoms with Gasteiger partial charge < -0.3 is 4.74 Å². The van der Waals surface area contributed by atoms with Gasteiger partial charge in [0.15, 0.2) is 5.60 Å². The summed E-state index contributed by atoms with van der Waals surface area (Å²) in [6.07, 6.45) is 5.41. The topological polar surface area (TPSA) is 26.3 Å². The van der Waals surface area contributed by atoms with E-state index in [1.54, 1.807) is 31.3 Å². The summed E-state index contributed by atoms with van der Waals surface area (Å²) in [6.45, 7) is 3.57. The maximum absolute atomic E-state index is 11.6. The lowest BCUT2D eigenvalue weighted by atomic mass is 10.1. The van der Waals surface area contributed by atoms with Crippen LogP contribution < -0.4 is 0 Å². The maximum atomic E-state index is 11.6. The fraction of sp³-hybridized carbons (Fsp3) is 0.188. The molecule has 0 atom stereocenters. The van der Waals surface area contributed by atoms with Crippen molar-refractivity contribution < 1.29 is 9.53 Å². The Morgan fingerprint density at radius 1 is 1.21 bits per heavy atom. The number of benzene rings is 1. The van der Waals surface area contributed by atoms with Gasteiger partial charge in [-0.1, -0.05) is 18.2 Å². The molecule has 2 aromatic rings. The minimum atomic E-state index is -0.722. The molecule has 0 saturated heterocycles. The lowest BCUT2D eigenvalue weighted by Gasteiger charge is -2.16. The van der Waals surface area contributed by atoms with Gasteiger partial charge in [0.2, 0.25) is 5.78 Å². The zero-order valence-electron chi connectivity index (χ0n) is 10.8. The third-order valence-corrected chi connectivity index (χ3v) is 4.18. The molecule has 0 radical (unpaired) electrons. The van der Waals surface area contributed by atoms with E-state index < -0.39 is 5.60 Å². The number of ketones is 1. The summed E-state index contributed by atoms with van der Waals surface area (Å²) in [5.74, 6) is 0.649. The number of carbonyl (C=O) groups excluding carboxylic acids is 1. The Hall–Kier alpha value is -1.87. The van der Waals surface area contributed by atoms with Crippen LogP contribution in [0.2, 0.25) is 0 Å². The van der Waals surface area contributed by atoms with Crippen LogP contribution in [0.4, 0.5) is 0 Å². The van der Waals surface area contributed by atoms with Gasteiger partial charge in [0.25, 0.3) is 0 Å². The third kappa shape index (κ3) is 2.34. The van der Waals surface area contributed by atoms with Gasteiger partial charge in [-0.05, 0) is 43.5 Å². The monoisotopic (exact) mass is 270 g/mol. The molecular weight excluding hydrogens is 256 g/mol. The van der Waals surface area contributed by atoms with Crippen molar-refractivity contribution in [3.05, 3.63) is 53.1 Å². The Kier molecular flexibility index (Phi) is 2.79. The molecule has 3 rings (SSSR count). The fourth-order valence-electron chi connectivity index (χ4n) is 2.01. The van der Waals surface area contributed by atoms with E-state index in [4.69, 9.17) is 4.74 Å². The van der Waals surface area contributed by atoms with Crippen LogP contribution >= 0.6 is 11.3 Å². The molecule has 1 aromatic heterocycles. The Labute approximate surface area is 116 Å². The molecule has 2 nitrogen and oxygen atoms in total. The molecule has 1 aliphatic rings. The molecule has 0 amide bonds. The number of hydrogen-bond acceptors (Lipinski definition) is 3. The van der Waals surface area contributed by atoms with E-state index >= 15 is 0 Å². The first kappa shape index (κ1) is 12.2. The second-order valence-electron chi connectivity index (χ2n) is 5.04. The summed E-state index contributed by atoms with van der Waals surface area (Å²) in [5, 5.41) is 1.24. The number of rotatable bonds is 2. The fourth-order valence-corrected chi connectivity index (χ4v) is 2.98. The van der Waals surface area contributed by atoms with Crippen LogP contribution in [-0.4, -0.2) is 11.4 Å². The van der Waals surface area contributed by atoms with E-state index in [0.29, 0.717) is 5.76 Å². The first-order valence-corrected chi connectivity index (χ1v) is 6.98. The largest absolute Gasteiger partial charge is 0.480 e. The van der Waals surface area contributed by atoms with Gasteiger partial charge in [-0.3, -0.25) is 4.79 Å². The van der Waals surface area contributed by atoms with Crippen molar-refractivity contribution in [2.45, 2.75) is 19.4 Å². The molecule has 19 heavy (non-hydrogen) atoms. The number of carbonyl (C=O) groups is 1. The molecule has 1 aromatic carbocycles. The van der Waals surface area contributed by atoms with Crippen molar-refractivity contribution >= 4 is 33.3 Å². The smallest absolute Gasteiger partial charge is 0.202 e. The Morgan fingerprint density at radius 2 is 2.00 bits per heavy atom. The van der Waals surface area contributed by atoms with E-state index in [2.05, 4.69) is 18.2 Å². The summed E-state index contributed by atoms with van der Waals surface area (Å²) in [6, 6.07) is 10.4. The van der Waals surface area contributed by atoms with Gasteiger partial charge in [0.05, 0.1) is 0 Å². The number of hydrogen-bond donors (Lipinski definition) is 0. The van der Waals surface area contributed by atoms with Gasteiger partial charge in [-0.15, -0.1) is 11.3 Å². The van der Waals surface area contributed by atoms with Crippen LogP contribution in [0.15, 0.2) is 48.2 Å². The minimum Gasteiger partial charge on any atom is -0.480 e. The molecule has 2 heterocycles. The zero-order chi connectivity index (χ0) is 13.5. The van der Waals surface area contributed by atoms with E-state index in [1.165, 1.54) is 10.1 Å². The highest BCUT2D eigenvalue weighted by Crippen LogP contribution is 2.28. The summed E-state index contributed by atoms with van der Waals surface area (Å²) >= 11 is 1.73. The van der Waals surface area contributed by atoms with Crippen molar-refractivity contribution in [3.8, 4) is 0 Å². The first-order valence-electron chi connectivity index (χ1n) is 6.16. The summed E-state index contributed by atoms with van der Waals surface area (Å²) in [4.78, 5) is 12.8. The number of thiophene rings is 1. The van der Waals surface area contributed by atoms with E-state index in [-0.39, 0.29) is 5.78 Å². The Bertz CT molecular complexity index is 671. The Morgan fingerprint density at radius 3 is 2.68 bits per heavy atom. The van der Waals surface area contributed by atoms with Crippen molar-refractivity contribution in [1.82, 2.24) is 0 Å². The number of ether oxygens (including phenoxy) is 1. The molecule has 0 bridgehead atoms. The first-order chi connectivity index (χ1) is 9.04. The predicted octanol–water partition coefficient (Wildman–Crippen LogP) is 4.18. The molecule has 0 N–H and O–H groups in total. The van der Waals surface area contributed by atoms with Crippen molar-refractivity contribution in [1.29, 1.82) is 0 Å². The second-order valence-corrected chi connectivity index (χ2v) is 6.16. The van der Waals surface area contributed by atoms with E-state index in [9.17, 15) is 4.79 Å². The van der Waals surface area contributed by atoms with Crippen LogP contribution in [0, 0.1) is 0 Å². The molecule has 96 valence electrons. The van der Waals surface area contributed by atoms with Crippen LogP contribution in [0.25, 0.3) is 16.2 Å². The van der Waals surface area contributed by atoms with E-state index in [1.807, 2.05) is 24.3 Å². The van der Waals surface area contributed by atoms with Crippen LogP contribution in [0.3, 0.4) is 0 Å². The predicted molar refractivity (Wildman–Crippen MR) is 79.1 cm³/mol. The van der Waals surface area contributed by atoms with Crippen molar-refractivity contribution in [3.63, 3.8) is 0 Å². The molecule has 0 saturated carbocycles. The molecule has 0 unspecified atom stereocenters. The van der Waals surface area contributed by atoms with Gasteiger partial charge in [0.1, 0.15) is 5.76 Å². The summed E-state index contributed by atoms with van der Waals surface area (Å²) < 4.78 is 6.85. The van der Waals surface area contributed by atoms with Crippen LogP contribution in [0.1, 0.15) is 18.7 Å². The molecule has 1 aliphatic heterocycles. The van der Waals surface area contributed by atoms with Gasteiger partial charge >= 0.3 is 0 Å². The minimum absolute atomic E-state index is 0.0171. The number of fused-ring (bicyclic) bond motifs is 1. The Balaban J connectivity index is 1.84. The molecule has 3 heteroatoms.